The minimum atomic E-state index is 0.202. The fourth-order valence-corrected chi connectivity index (χ4v) is 1.96. The summed E-state index contributed by atoms with van der Waals surface area (Å²) in [5, 5.41) is 0. The van der Waals surface area contributed by atoms with Gasteiger partial charge in [-0.1, -0.05) is 0 Å². The van der Waals surface area contributed by atoms with Crippen LogP contribution in [0.5, 0.6) is 0 Å². The molecule has 0 bridgehead atoms. The van der Waals surface area contributed by atoms with Crippen LogP contribution in [0.25, 0.3) is 0 Å². The van der Waals surface area contributed by atoms with Gasteiger partial charge in [-0.25, -0.2) is 4.67 Å². The van der Waals surface area contributed by atoms with Gasteiger partial charge in [-0.05, 0) is 48.5 Å². The van der Waals surface area contributed by atoms with Gasteiger partial charge in [0.25, 0.3) is 0 Å². The number of hydrogen-bond donors (Lipinski definition) is 0. The molecule has 0 saturated heterocycles. The van der Waals surface area contributed by atoms with E-state index in [0.29, 0.717) is 12.1 Å². The van der Waals surface area contributed by atoms with Crippen molar-refractivity contribution in [2.45, 2.75) is 66.1 Å². The van der Waals surface area contributed by atoms with Crippen molar-refractivity contribution in [1.29, 1.82) is 0 Å². The first kappa shape index (κ1) is 13.1. The van der Waals surface area contributed by atoms with Crippen LogP contribution in [0, 0.1) is 0 Å². The van der Waals surface area contributed by atoms with Gasteiger partial charge in [0.1, 0.15) is 0 Å². The Morgan fingerprint density at radius 3 is 1.77 bits per heavy atom. The second-order valence-corrected chi connectivity index (χ2v) is 5.75. The molecular weight excluding hydrogens is 179 g/mol. The number of rotatable bonds is 3. The molecule has 0 amide bonds. The highest BCUT2D eigenvalue weighted by Crippen LogP contribution is 2.26. The van der Waals surface area contributed by atoms with Crippen molar-refractivity contribution < 1.29 is 0 Å². The van der Waals surface area contributed by atoms with Gasteiger partial charge in [0.05, 0.1) is 14.6 Å². The minimum Gasteiger partial charge on any atom is -0.250 e. The van der Waals surface area contributed by atoms with Crippen LogP contribution in [0.4, 0.5) is 0 Å². The highest BCUT2D eigenvalue weighted by molar-refractivity contribution is 7.23. The summed E-state index contributed by atoms with van der Waals surface area (Å²) in [5.41, 5.74) is 0.202. The molecule has 13 heavy (non-hydrogen) atoms. The van der Waals surface area contributed by atoms with E-state index in [-0.39, 0.29) is 5.54 Å². The van der Waals surface area contributed by atoms with E-state index in [1.165, 1.54) is 0 Å². The third-order valence-electron chi connectivity index (χ3n) is 1.56. The van der Waals surface area contributed by atoms with E-state index in [0.717, 1.165) is 8.52 Å². The molecule has 78 valence electrons. The summed E-state index contributed by atoms with van der Waals surface area (Å²) in [5.74, 6) is 0. The van der Waals surface area contributed by atoms with Gasteiger partial charge in [0.2, 0.25) is 0 Å². The molecule has 0 fully saturated rings. The second kappa shape index (κ2) is 5.07. The summed E-state index contributed by atoms with van der Waals surface area (Å²) in [6, 6.07) is 0.967. The summed E-state index contributed by atoms with van der Waals surface area (Å²) < 4.78 is 6.89. The maximum Gasteiger partial charge on any atom is 0.0944 e. The van der Waals surface area contributed by atoms with Gasteiger partial charge in [0, 0.05) is 11.6 Å². The van der Waals surface area contributed by atoms with E-state index in [9.17, 15) is 0 Å². The van der Waals surface area contributed by atoms with E-state index in [4.69, 9.17) is 0 Å². The van der Waals surface area contributed by atoms with Crippen molar-refractivity contribution >= 4 is 8.52 Å². The van der Waals surface area contributed by atoms with Gasteiger partial charge in [0.15, 0.2) is 0 Å². The maximum absolute atomic E-state index is 4.51. The molecule has 0 saturated carbocycles. The Balaban J connectivity index is 4.46. The van der Waals surface area contributed by atoms with Gasteiger partial charge < -0.3 is 0 Å². The summed E-state index contributed by atoms with van der Waals surface area (Å²) in [6.45, 7) is 15.4. The van der Waals surface area contributed by atoms with Crippen LogP contribution in [0.15, 0.2) is 4.74 Å². The molecule has 0 aromatic carbocycles. The first-order valence-corrected chi connectivity index (χ1v) is 5.75. The Bertz CT molecular complexity index is 168. The molecule has 0 N–H and O–H groups in total. The van der Waals surface area contributed by atoms with Crippen molar-refractivity contribution in [3.05, 3.63) is 0 Å². The van der Waals surface area contributed by atoms with E-state index in [1.807, 2.05) is 0 Å². The van der Waals surface area contributed by atoms with Crippen LogP contribution < -0.4 is 0 Å². The van der Waals surface area contributed by atoms with Gasteiger partial charge in [-0.2, -0.15) is 0 Å². The van der Waals surface area contributed by atoms with Gasteiger partial charge in [-0.15, -0.1) is 0 Å². The lowest BCUT2D eigenvalue weighted by Crippen LogP contribution is -2.38. The fraction of sp³-hybridized carbons (Fsp3) is 1.00. The van der Waals surface area contributed by atoms with E-state index in [2.05, 4.69) is 57.9 Å². The molecule has 0 radical (unpaired) electrons. The van der Waals surface area contributed by atoms with Crippen molar-refractivity contribution in [3.63, 3.8) is 0 Å². The third kappa shape index (κ3) is 5.38. The van der Waals surface area contributed by atoms with Crippen LogP contribution >= 0.6 is 8.52 Å². The lowest BCUT2D eigenvalue weighted by atomic mass is 10.1. The van der Waals surface area contributed by atoms with Crippen LogP contribution in [0.3, 0.4) is 0 Å². The predicted octanol–water partition coefficient (Wildman–Crippen LogP) is 3.95. The standard InChI is InChI=1S/C10H23N2P/c1-8(2)11-13-12(9(3)4)10(5,6)7/h8-9H,1-7H3. The lowest BCUT2D eigenvalue weighted by molar-refractivity contribution is 0.227. The molecule has 0 spiro atoms. The Morgan fingerprint density at radius 1 is 1.08 bits per heavy atom. The highest BCUT2D eigenvalue weighted by Gasteiger charge is 2.22. The molecule has 0 aromatic rings. The van der Waals surface area contributed by atoms with Crippen molar-refractivity contribution in [1.82, 2.24) is 4.67 Å². The zero-order valence-electron chi connectivity index (χ0n) is 10.00. The maximum atomic E-state index is 4.51. The second-order valence-electron chi connectivity index (χ2n) is 4.91. The smallest absolute Gasteiger partial charge is 0.0944 e. The molecule has 2 nitrogen and oxygen atoms in total. The summed E-state index contributed by atoms with van der Waals surface area (Å²) in [6.07, 6.45) is 0. The Hall–Kier alpha value is 0.0600. The SMILES string of the molecule is CC(C)N=PN(C(C)C)C(C)(C)C. The topological polar surface area (TPSA) is 15.6 Å². The molecule has 3 heteroatoms. The molecule has 0 aliphatic rings. The lowest BCUT2D eigenvalue weighted by Gasteiger charge is -2.34. The van der Waals surface area contributed by atoms with Crippen molar-refractivity contribution in [2.24, 2.45) is 4.74 Å². The molecule has 0 atom stereocenters. The van der Waals surface area contributed by atoms with Crippen LogP contribution in [0.2, 0.25) is 0 Å². The van der Waals surface area contributed by atoms with E-state index in [1.54, 1.807) is 0 Å². The highest BCUT2D eigenvalue weighted by atomic mass is 31.1. The van der Waals surface area contributed by atoms with Crippen LogP contribution in [-0.2, 0) is 0 Å². The van der Waals surface area contributed by atoms with Crippen molar-refractivity contribution in [2.75, 3.05) is 0 Å². The molecule has 0 unspecified atom stereocenters. The van der Waals surface area contributed by atoms with E-state index < -0.39 is 0 Å². The first-order chi connectivity index (χ1) is 5.75. The molecule has 0 aliphatic heterocycles. The summed E-state index contributed by atoms with van der Waals surface area (Å²) in [7, 11) is 1.10. The average Bonchev–Trinajstić information content (AvgIpc) is 1.81. The number of hydrogen-bond acceptors (Lipinski definition) is 1. The Labute approximate surface area is 84.7 Å². The zero-order chi connectivity index (χ0) is 10.6. The number of nitrogens with zero attached hydrogens (tertiary/aromatic N) is 2. The quantitative estimate of drug-likeness (QED) is 0.633. The molecule has 0 aliphatic carbocycles. The molecule has 0 heterocycles. The monoisotopic (exact) mass is 202 g/mol. The average molecular weight is 202 g/mol. The molecule has 0 rings (SSSR count). The predicted molar refractivity (Wildman–Crippen MR) is 61.2 cm³/mol. The molecule has 0 aromatic heterocycles. The molecular formula is C10H23N2P. The summed E-state index contributed by atoms with van der Waals surface area (Å²) >= 11 is 0. The van der Waals surface area contributed by atoms with Gasteiger partial charge in [-0.3, -0.25) is 4.74 Å². The Morgan fingerprint density at radius 2 is 1.54 bits per heavy atom. The largest absolute Gasteiger partial charge is 0.250 e. The fourth-order valence-electron chi connectivity index (χ4n) is 1.17. The van der Waals surface area contributed by atoms with Crippen LogP contribution in [0.1, 0.15) is 48.5 Å². The third-order valence-corrected chi connectivity index (χ3v) is 3.38. The minimum absolute atomic E-state index is 0.202. The van der Waals surface area contributed by atoms with E-state index >= 15 is 0 Å². The normalized spacial score (nSPS) is 14.0. The van der Waals surface area contributed by atoms with Crippen LogP contribution in [-0.4, -0.2) is 22.3 Å². The summed E-state index contributed by atoms with van der Waals surface area (Å²) in [4.78, 5) is 0. The first-order valence-electron chi connectivity index (χ1n) is 4.95. The van der Waals surface area contributed by atoms with Gasteiger partial charge >= 0.3 is 0 Å². The van der Waals surface area contributed by atoms with Crippen molar-refractivity contribution in [3.8, 4) is 0 Å². The Kier molecular flexibility index (Phi) is 5.09. The zero-order valence-corrected chi connectivity index (χ0v) is 10.9.